The van der Waals surface area contributed by atoms with E-state index in [1.54, 1.807) is 11.8 Å². The van der Waals surface area contributed by atoms with E-state index in [2.05, 4.69) is 22.8 Å². The van der Waals surface area contributed by atoms with Gasteiger partial charge in [0.1, 0.15) is 0 Å². The number of amides is 1. The fourth-order valence-electron chi connectivity index (χ4n) is 1.68. The van der Waals surface area contributed by atoms with Crippen molar-refractivity contribution in [1.82, 2.24) is 5.32 Å². The van der Waals surface area contributed by atoms with Gasteiger partial charge >= 0.3 is 0 Å². The molecule has 0 aliphatic heterocycles. The lowest BCUT2D eigenvalue weighted by molar-refractivity contribution is -0.119. The molecule has 0 saturated carbocycles. The molecule has 0 atom stereocenters. The molecule has 0 bridgehead atoms. The molecule has 0 saturated heterocycles. The van der Waals surface area contributed by atoms with Crippen molar-refractivity contribution in [3.8, 4) is 0 Å². The molecule has 1 amide bonds. The van der Waals surface area contributed by atoms with Crippen molar-refractivity contribution in [3.63, 3.8) is 0 Å². The zero-order chi connectivity index (χ0) is 14.0. The molecule has 0 radical (unpaired) electrons. The van der Waals surface area contributed by atoms with Crippen LogP contribution in [0.4, 0.5) is 5.69 Å². The predicted molar refractivity (Wildman–Crippen MR) is 85.1 cm³/mol. The van der Waals surface area contributed by atoms with Crippen LogP contribution in [0.1, 0.15) is 0 Å². The second-order valence-corrected chi connectivity index (χ2v) is 5.40. The van der Waals surface area contributed by atoms with E-state index < -0.39 is 0 Å². The molecular weight excluding hydrogens is 268 g/mol. The summed E-state index contributed by atoms with van der Waals surface area (Å²) in [5, 5.41) is 5.99. The van der Waals surface area contributed by atoms with Gasteiger partial charge < -0.3 is 10.6 Å². The van der Waals surface area contributed by atoms with Crippen LogP contribution in [0.25, 0.3) is 0 Å². The molecule has 0 unspecified atom stereocenters. The first kappa shape index (κ1) is 14.5. The summed E-state index contributed by atoms with van der Waals surface area (Å²) < 4.78 is 0. The summed E-state index contributed by atoms with van der Waals surface area (Å²) in [5.74, 6) is 0.892. The van der Waals surface area contributed by atoms with Gasteiger partial charge in [0.2, 0.25) is 5.91 Å². The van der Waals surface area contributed by atoms with Crippen LogP contribution >= 0.6 is 11.8 Å². The Morgan fingerprint density at radius 1 is 0.950 bits per heavy atom. The topological polar surface area (TPSA) is 41.1 Å². The average molecular weight is 286 g/mol. The highest BCUT2D eigenvalue weighted by Crippen LogP contribution is 2.15. The van der Waals surface area contributed by atoms with Crippen LogP contribution in [0, 0.1) is 0 Å². The van der Waals surface area contributed by atoms with Crippen molar-refractivity contribution in [3.05, 3.63) is 60.7 Å². The van der Waals surface area contributed by atoms with E-state index in [1.807, 2.05) is 48.5 Å². The minimum atomic E-state index is 0.0162. The van der Waals surface area contributed by atoms with Crippen LogP contribution in [0.15, 0.2) is 65.6 Å². The second-order valence-electron chi connectivity index (χ2n) is 4.23. The maximum absolute atomic E-state index is 11.6. The summed E-state index contributed by atoms with van der Waals surface area (Å²) in [5.41, 5.74) is 0.960. The minimum Gasteiger partial charge on any atom is -0.376 e. The SMILES string of the molecule is O=C(CNc1ccccc1)NCCSc1ccccc1. The van der Waals surface area contributed by atoms with Gasteiger partial charge in [-0.15, -0.1) is 11.8 Å². The number of anilines is 1. The summed E-state index contributed by atoms with van der Waals surface area (Å²) in [4.78, 5) is 12.9. The number of thioether (sulfide) groups is 1. The highest BCUT2D eigenvalue weighted by molar-refractivity contribution is 7.99. The van der Waals surface area contributed by atoms with E-state index >= 15 is 0 Å². The molecule has 20 heavy (non-hydrogen) atoms. The van der Waals surface area contributed by atoms with Crippen molar-refractivity contribution in [2.45, 2.75) is 4.90 Å². The van der Waals surface area contributed by atoms with Crippen LogP contribution in [-0.2, 0) is 4.79 Å². The maximum atomic E-state index is 11.6. The lowest BCUT2D eigenvalue weighted by Crippen LogP contribution is -2.31. The number of nitrogens with one attached hydrogen (secondary N) is 2. The van der Waals surface area contributed by atoms with Gasteiger partial charge in [-0.3, -0.25) is 4.79 Å². The van der Waals surface area contributed by atoms with E-state index in [-0.39, 0.29) is 5.91 Å². The van der Waals surface area contributed by atoms with Gasteiger partial charge in [-0.25, -0.2) is 0 Å². The number of hydrogen-bond donors (Lipinski definition) is 2. The van der Waals surface area contributed by atoms with Gasteiger partial charge in [0.25, 0.3) is 0 Å². The van der Waals surface area contributed by atoms with Gasteiger partial charge in [0.15, 0.2) is 0 Å². The Morgan fingerprint density at radius 3 is 2.30 bits per heavy atom. The standard InChI is InChI=1S/C16H18N2OS/c19-16(13-18-14-7-3-1-4-8-14)17-11-12-20-15-9-5-2-6-10-15/h1-10,18H,11-13H2,(H,17,19). The third kappa shape index (κ3) is 5.36. The van der Waals surface area contributed by atoms with Crippen molar-refractivity contribution < 1.29 is 4.79 Å². The van der Waals surface area contributed by atoms with Crippen molar-refractivity contribution in [1.29, 1.82) is 0 Å². The van der Waals surface area contributed by atoms with Crippen LogP contribution < -0.4 is 10.6 Å². The first-order valence-electron chi connectivity index (χ1n) is 6.58. The highest BCUT2D eigenvalue weighted by atomic mass is 32.2. The predicted octanol–water partition coefficient (Wildman–Crippen LogP) is 3.01. The number of carbonyl (C=O) groups is 1. The minimum absolute atomic E-state index is 0.0162. The second kappa shape index (κ2) is 8.27. The summed E-state index contributed by atoms with van der Waals surface area (Å²) in [6.07, 6.45) is 0. The quantitative estimate of drug-likeness (QED) is 0.607. The molecule has 0 aliphatic carbocycles. The van der Waals surface area contributed by atoms with E-state index in [0.717, 1.165) is 11.4 Å². The van der Waals surface area contributed by atoms with E-state index in [4.69, 9.17) is 0 Å². The van der Waals surface area contributed by atoms with Gasteiger partial charge in [0.05, 0.1) is 6.54 Å². The van der Waals surface area contributed by atoms with Crippen LogP contribution in [0.2, 0.25) is 0 Å². The molecule has 4 heteroatoms. The fourth-order valence-corrected chi connectivity index (χ4v) is 2.47. The van der Waals surface area contributed by atoms with Crippen LogP contribution in [0.3, 0.4) is 0 Å². The zero-order valence-electron chi connectivity index (χ0n) is 11.2. The number of hydrogen-bond acceptors (Lipinski definition) is 3. The molecule has 0 spiro atoms. The third-order valence-corrected chi connectivity index (χ3v) is 3.68. The average Bonchev–Trinajstić information content (AvgIpc) is 2.52. The fraction of sp³-hybridized carbons (Fsp3) is 0.188. The lowest BCUT2D eigenvalue weighted by Gasteiger charge is -2.07. The Balaban J connectivity index is 1.59. The van der Waals surface area contributed by atoms with Crippen molar-refractivity contribution >= 4 is 23.4 Å². The number of carbonyl (C=O) groups excluding carboxylic acids is 1. The smallest absolute Gasteiger partial charge is 0.239 e. The number of para-hydroxylation sites is 1. The Labute approximate surface area is 123 Å². The first-order valence-corrected chi connectivity index (χ1v) is 7.56. The molecule has 3 nitrogen and oxygen atoms in total. The Hall–Kier alpha value is -1.94. The number of benzene rings is 2. The summed E-state index contributed by atoms with van der Waals surface area (Å²) in [7, 11) is 0. The molecule has 0 aromatic heterocycles. The molecule has 0 heterocycles. The Bertz CT molecular complexity index is 517. The molecule has 0 aliphatic rings. The van der Waals surface area contributed by atoms with Gasteiger partial charge in [-0.1, -0.05) is 36.4 Å². The van der Waals surface area contributed by atoms with Gasteiger partial charge in [0, 0.05) is 22.9 Å². The molecule has 2 N–H and O–H groups in total. The lowest BCUT2D eigenvalue weighted by atomic mass is 10.3. The van der Waals surface area contributed by atoms with Crippen LogP contribution in [-0.4, -0.2) is 24.7 Å². The third-order valence-electron chi connectivity index (χ3n) is 2.66. The summed E-state index contributed by atoms with van der Waals surface area (Å²) >= 11 is 1.74. The van der Waals surface area contributed by atoms with Gasteiger partial charge in [-0.2, -0.15) is 0 Å². The molecule has 2 rings (SSSR count). The molecule has 104 valence electrons. The summed E-state index contributed by atoms with van der Waals surface area (Å²) in [6.45, 7) is 0.981. The number of rotatable bonds is 7. The normalized spacial score (nSPS) is 10.0. The largest absolute Gasteiger partial charge is 0.376 e. The van der Waals surface area contributed by atoms with E-state index in [9.17, 15) is 4.79 Å². The molecule has 2 aromatic rings. The van der Waals surface area contributed by atoms with E-state index in [0.29, 0.717) is 13.1 Å². The molecule has 0 fully saturated rings. The zero-order valence-corrected chi connectivity index (χ0v) is 12.0. The van der Waals surface area contributed by atoms with E-state index in [1.165, 1.54) is 4.90 Å². The van der Waals surface area contributed by atoms with Crippen molar-refractivity contribution in [2.24, 2.45) is 0 Å². The first-order chi connectivity index (χ1) is 9.84. The Morgan fingerprint density at radius 2 is 1.60 bits per heavy atom. The maximum Gasteiger partial charge on any atom is 0.239 e. The van der Waals surface area contributed by atoms with Crippen LogP contribution in [0.5, 0.6) is 0 Å². The van der Waals surface area contributed by atoms with Gasteiger partial charge in [-0.05, 0) is 24.3 Å². The highest BCUT2D eigenvalue weighted by Gasteiger charge is 2.00. The Kier molecular flexibility index (Phi) is 5.99. The monoisotopic (exact) mass is 286 g/mol. The molecular formula is C16H18N2OS. The van der Waals surface area contributed by atoms with Crippen molar-refractivity contribution in [2.75, 3.05) is 24.2 Å². The molecule has 2 aromatic carbocycles. The summed E-state index contributed by atoms with van der Waals surface area (Å²) in [6, 6.07) is 19.9.